The maximum Gasteiger partial charge on any atom is 0.356 e. The number of aromatic nitrogens is 1. The van der Waals surface area contributed by atoms with Crippen LogP contribution in [0.25, 0.3) is 10.9 Å². The highest BCUT2D eigenvalue weighted by Crippen LogP contribution is 2.32. The zero-order valence-electron chi connectivity index (χ0n) is 17.0. The number of ether oxygens (including phenoxy) is 1. The number of anilines is 1. The number of carbonyl (C=O) groups excluding carboxylic acids is 2. The second-order valence-corrected chi connectivity index (χ2v) is 7.98. The second kappa shape index (κ2) is 8.70. The number of para-hydroxylation sites is 2. The molecule has 0 saturated carbocycles. The van der Waals surface area contributed by atoms with Gasteiger partial charge < -0.3 is 15.0 Å². The van der Waals surface area contributed by atoms with Crippen LogP contribution >= 0.6 is 11.6 Å². The van der Waals surface area contributed by atoms with Gasteiger partial charge in [-0.25, -0.2) is 4.79 Å². The van der Waals surface area contributed by atoms with Crippen molar-refractivity contribution in [2.75, 3.05) is 11.9 Å². The van der Waals surface area contributed by atoms with Crippen molar-refractivity contribution >= 4 is 40.1 Å². The number of carbonyl (C=O) groups is 2. The van der Waals surface area contributed by atoms with Gasteiger partial charge in [0, 0.05) is 16.6 Å². The number of fused-ring (bicyclic) bond motifs is 1. The van der Waals surface area contributed by atoms with Crippen molar-refractivity contribution in [3.8, 4) is 0 Å². The summed E-state index contributed by atoms with van der Waals surface area (Å²) in [6.07, 6.45) is 0. The maximum atomic E-state index is 12.5. The Hall–Kier alpha value is -2.79. The van der Waals surface area contributed by atoms with Crippen molar-refractivity contribution in [1.29, 1.82) is 0 Å². The molecular weight excluding hydrogens is 388 g/mol. The Bertz CT molecular complexity index is 1030. The summed E-state index contributed by atoms with van der Waals surface area (Å²) in [5.74, 6) is -0.559. The van der Waals surface area contributed by atoms with E-state index < -0.39 is 12.6 Å². The minimum absolute atomic E-state index is 0.145. The Morgan fingerprint density at radius 3 is 2.21 bits per heavy atom. The zero-order chi connectivity index (χ0) is 21.1. The first kappa shape index (κ1) is 20.9. The molecule has 3 rings (SSSR count). The van der Waals surface area contributed by atoms with Crippen LogP contribution in [0.1, 0.15) is 61.1 Å². The van der Waals surface area contributed by atoms with Crippen LogP contribution in [0.15, 0.2) is 42.5 Å². The number of amides is 1. The standard InChI is InChI=1S/C23H25ClN2O3/c1-13(2)15-9-7-10-16(14(3)4)21(15)26-19(27)12-29-23(28)22-20(24)17-8-5-6-11-18(17)25-22/h5-11,13-14,25H,12H2,1-4H3,(H,26,27). The third-order valence-electron chi connectivity index (χ3n) is 4.82. The topological polar surface area (TPSA) is 71.2 Å². The number of H-pyrrole nitrogens is 1. The molecule has 3 aromatic rings. The van der Waals surface area contributed by atoms with Crippen LogP contribution in [0.4, 0.5) is 5.69 Å². The van der Waals surface area contributed by atoms with E-state index in [9.17, 15) is 9.59 Å². The molecule has 0 fully saturated rings. The summed E-state index contributed by atoms with van der Waals surface area (Å²) < 4.78 is 5.21. The van der Waals surface area contributed by atoms with Gasteiger partial charge in [-0.15, -0.1) is 0 Å². The van der Waals surface area contributed by atoms with Crippen molar-refractivity contribution in [2.45, 2.75) is 39.5 Å². The molecular formula is C23H25ClN2O3. The zero-order valence-corrected chi connectivity index (χ0v) is 17.8. The SMILES string of the molecule is CC(C)c1cccc(C(C)C)c1NC(=O)COC(=O)c1[nH]c2ccccc2c1Cl. The molecule has 1 heterocycles. The van der Waals surface area contributed by atoms with Crippen molar-refractivity contribution in [2.24, 2.45) is 0 Å². The van der Waals surface area contributed by atoms with Gasteiger partial charge in [0.15, 0.2) is 6.61 Å². The average Bonchev–Trinajstić information content (AvgIpc) is 3.03. The highest BCUT2D eigenvalue weighted by atomic mass is 35.5. The Morgan fingerprint density at radius 1 is 1.00 bits per heavy atom. The molecule has 0 unspecified atom stereocenters. The van der Waals surface area contributed by atoms with Crippen LogP contribution < -0.4 is 5.32 Å². The third-order valence-corrected chi connectivity index (χ3v) is 5.21. The van der Waals surface area contributed by atoms with Crippen LogP contribution in [0.2, 0.25) is 5.02 Å². The summed E-state index contributed by atoms with van der Waals surface area (Å²) in [6, 6.07) is 13.3. The fraction of sp³-hybridized carbons (Fsp3) is 0.304. The van der Waals surface area contributed by atoms with Gasteiger partial charge in [-0.2, -0.15) is 0 Å². The van der Waals surface area contributed by atoms with Crippen LogP contribution in [0, 0.1) is 0 Å². The molecule has 2 N–H and O–H groups in total. The number of esters is 1. The van der Waals surface area contributed by atoms with Crippen molar-refractivity contribution < 1.29 is 14.3 Å². The summed E-state index contributed by atoms with van der Waals surface area (Å²) in [6.45, 7) is 7.91. The van der Waals surface area contributed by atoms with Gasteiger partial charge in [0.25, 0.3) is 5.91 Å². The van der Waals surface area contributed by atoms with Crippen LogP contribution in [-0.4, -0.2) is 23.5 Å². The minimum atomic E-state index is -0.664. The second-order valence-electron chi connectivity index (χ2n) is 7.60. The van der Waals surface area contributed by atoms with Crippen LogP contribution in [-0.2, 0) is 9.53 Å². The molecule has 6 heteroatoms. The molecule has 5 nitrogen and oxygen atoms in total. The highest BCUT2D eigenvalue weighted by molar-refractivity contribution is 6.38. The van der Waals surface area contributed by atoms with E-state index in [1.807, 2.05) is 42.5 Å². The van der Waals surface area contributed by atoms with E-state index in [0.717, 1.165) is 27.7 Å². The van der Waals surface area contributed by atoms with Crippen LogP contribution in [0.3, 0.4) is 0 Å². The van der Waals surface area contributed by atoms with E-state index in [-0.39, 0.29) is 23.4 Å². The molecule has 1 amide bonds. The normalized spacial score (nSPS) is 11.3. The van der Waals surface area contributed by atoms with Crippen molar-refractivity contribution in [3.05, 3.63) is 64.3 Å². The molecule has 0 bridgehead atoms. The lowest BCUT2D eigenvalue weighted by Gasteiger charge is -2.20. The van der Waals surface area contributed by atoms with E-state index in [1.165, 1.54) is 0 Å². The number of nitrogens with one attached hydrogen (secondary N) is 2. The number of rotatable bonds is 6. The number of aromatic amines is 1. The van der Waals surface area contributed by atoms with Gasteiger partial charge in [0.2, 0.25) is 0 Å². The Balaban J connectivity index is 1.73. The van der Waals surface area contributed by atoms with E-state index in [0.29, 0.717) is 5.02 Å². The predicted molar refractivity (Wildman–Crippen MR) is 117 cm³/mol. The first-order valence-corrected chi connectivity index (χ1v) is 10.0. The monoisotopic (exact) mass is 412 g/mol. The summed E-state index contributed by atoms with van der Waals surface area (Å²) in [4.78, 5) is 27.9. The van der Waals surface area contributed by atoms with Crippen molar-refractivity contribution in [1.82, 2.24) is 4.98 Å². The first-order chi connectivity index (χ1) is 13.8. The number of hydrogen-bond acceptors (Lipinski definition) is 3. The molecule has 0 aliphatic rings. The summed E-state index contributed by atoms with van der Waals surface area (Å²) in [7, 11) is 0. The summed E-state index contributed by atoms with van der Waals surface area (Å²) >= 11 is 6.28. The lowest BCUT2D eigenvalue weighted by Crippen LogP contribution is -2.23. The summed E-state index contributed by atoms with van der Waals surface area (Å²) in [5.41, 5.74) is 3.78. The largest absolute Gasteiger partial charge is 0.451 e. The number of halogens is 1. The van der Waals surface area contributed by atoms with Gasteiger partial charge in [-0.3, -0.25) is 4.79 Å². The first-order valence-electron chi connectivity index (χ1n) is 9.65. The quantitative estimate of drug-likeness (QED) is 0.498. The molecule has 152 valence electrons. The van der Waals surface area contributed by atoms with Gasteiger partial charge in [0.05, 0.1) is 5.02 Å². The van der Waals surface area contributed by atoms with E-state index in [2.05, 4.69) is 38.0 Å². The Labute approximate surface area is 175 Å². The molecule has 0 radical (unpaired) electrons. The molecule has 2 aromatic carbocycles. The highest BCUT2D eigenvalue weighted by Gasteiger charge is 2.20. The number of hydrogen-bond donors (Lipinski definition) is 2. The fourth-order valence-electron chi connectivity index (χ4n) is 3.32. The van der Waals surface area contributed by atoms with Gasteiger partial charge in [-0.05, 0) is 29.0 Å². The molecule has 0 aliphatic heterocycles. The van der Waals surface area contributed by atoms with Gasteiger partial charge in [-0.1, -0.05) is 75.7 Å². The van der Waals surface area contributed by atoms with E-state index >= 15 is 0 Å². The van der Waals surface area contributed by atoms with E-state index in [1.54, 1.807) is 0 Å². The lowest BCUT2D eigenvalue weighted by atomic mass is 9.92. The molecule has 0 spiro atoms. The Kier molecular flexibility index (Phi) is 6.28. The molecule has 29 heavy (non-hydrogen) atoms. The molecule has 0 saturated heterocycles. The average molecular weight is 413 g/mol. The smallest absolute Gasteiger partial charge is 0.356 e. The number of benzene rings is 2. The minimum Gasteiger partial charge on any atom is -0.451 e. The van der Waals surface area contributed by atoms with Crippen LogP contribution in [0.5, 0.6) is 0 Å². The maximum absolute atomic E-state index is 12.5. The lowest BCUT2D eigenvalue weighted by molar-refractivity contribution is -0.119. The molecule has 1 aromatic heterocycles. The molecule has 0 atom stereocenters. The van der Waals surface area contributed by atoms with Crippen molar-refractivity contribution in [3.63, 3.8) is 0 Å². The van der Waals surface area contributed by atoms with Gasteiger partial charge >= 0.3 is 5.97 Å². The Morgan fingerprint density at radius 2 is 1.62 bits per heavy atom. The summed E-state index contributed by atoms with van der Waals surface area (Å²) in [5, 5.41) is 3.95. The third kappa shape index (κ3) is 4.46. The molecule has 0 aliphatic carbocycles. The van der Waals surface area contributed by atoms with E-state index in [4.69, 9.17) is 16.3 Å². The predicted octanol–water partition coefficient (Wildman–Crippen LogP) is 5.86. The van der Waals surface area contributed by atoms with Gasteiger partial charge in [0.1, 0.15) is 5.69 Å². The fourth-order valence-corrected chi connectivity index (χ4v) is 3.61.